The van der Waals surface area contributed by atoms with Crippen LogP contribution in [0.4, 0.5) is 11.4 Å². The lowest BCUT2D eigenvalue weighted by molar-refractivity contribution is 0.439. The molecule has 130 valence electrons. The molecule has 0 unspecified atom stereocenters. The second-order valence-electron chi connectivity index (χ2n) is 6.37. The van der Waals surface area contributed by atoms with Gasteiger partial charge in [-0.2, -0.15) is 0 Å². The summed E-state index contributed by atoms with van der Waals surface area (Å²) in [4.78, 5) is 2.52. The van der Waals surface area contributed by atoms with Crippen molar-refractivity contribution < 1.29 is 0 Å². The predicted molar refractivity (Wildman–Crippen MR) is 110 cm³/mol. The van der Waals surface area contributed by atoms with Crippen molar-refractivity contribution in [3.8, 4) is 0 Å². The minimum atomic E-state index is 0.856. The fourth-order valence-corrected chi connectivity index (χ4v) is 5.84. The molecule has 1 saturated heterocycles. The zero-order chi connectivity index (χ0) is 16.9. The Balaban J connectivity index is 1.64. The number of piperidine rings is 1. The first-order chi connectivity index (χ1) is 11.6. The highest BCUT2D eigenvalue weighted by atomic mass is 32.2. The van der Waals surface area contributed by atoms with E-state index in [1.54, 1.807) is 23.9 Å². The molecule has 0 spiro atoms. The number of benzene rings is 1. The van der Waals surface area contributed by atoms with Crippen LogP contribution in [-0.2, 0) is 0 Å². The van der Waals surface area contributed by atoms with E-state index in [9.17, 15) is 0 Å². The van der Waals surface area contributed by atoms with Crippen LogP contribution in [0.1, 0.15) is 19.8 Å². The van der Waals surface area contributed by atoms with Gasteiger partial charge >= 0.3 is 0 Å². The molecule has 0 saturated carbocycles. The summed E-state index contributed by atoms with van der Waals surface area (Å²) in [7, 11) is 4.15. The lowest BCUT2D eigenvalue weighted by Crippen LogP contribution is -2.33. The second kappa shape index (κ2) is 8.52. The van der Waals surface area contributed by atoms with Gasteiger partial charge in [-0.1, -0.05) is 19.1 Å². The number of nitrogens with one attached hydrogen (secondary N) is 1. The Morgan fingerprint density at radius 3 is 2.54 bits per heavy atom. The summed E-state index contributed by atoms with van der Waals surface area (Å²) in [5, 5.41) is 0. The van der Waals surface area contributed by atoms with Crippen molar-refractivity contribution >= 4 is 46.6 Å². The molecule has 3 nitrogen and oxygen atoms in total. The summed E-state index contributed by atoms with van der Waals surface area (Å²) in [6, 6.07) is 13.1. The molecule has 0 amide bonds. The fourth-order valence-electron chi connectivity index (χ4n) is 2.78. The summed E-state index contributed by atoms with van der Waals surface area (Å²) >= 11 is 5.31. The van der Waals surface area contributed by atoms with Gasteiger partial charge in [-0.05, 0) is 81.0 Å². The number of hydrogen-bond acceptors (Lipinski definition) is 6. The Morgan fingerprint density at radius 1 is 1.08 bits per heavy atom. The van der Waals surface area contributed by atoms with Crippen LogP contribution in [-0.4, -0.2) is 31.5 Å². The van der Waals surface area contributed by atoms with Gasteiger partial charge in [0.1, 0.15) is 0 Å². The maximum Gasteiger partial charge on any atom is 0.0820 e. The highest BCUT2D eigenvalue weighted by Gasteiger charge is 2.18. The van der Waals surface area contributed by atoms with Crippen LogP contribution in [0.25, 0.3) is 0 Å². The molecule has 0 atom stereocenters. The molecule has 0 bridgehead atoms. The van der Waals surface area contributed by atoms with Crippen LogP contribution in [0.2, 0.25) is 0 Å². The van der Waals surface area contributed by atoms with E-state index >= 15 is 0 Å². The van der Waals surface area contributed by atoms with E-state index in [0.29, 0.717) is 0 Å². The first-order valence-corrected chi connectivity index (χ1v) is 10.7. The summed E-state index contributed by atoms with van der Waals surface area (Å²) in [6.07, 6.45) is 2.58. The summed E-state index contributed by atoms with van der Waals surface area (Å²) < 4.78 is 8.31. The van der Waals surface area contributed by atoms with Crippen molar-refractivity contribution in [2.24, 2.45) is 5.92 Å². The van der Waals surface area contributed by atoms with Gasteiger partial charge in [0.15, 0.2) is 0 Å². The van der Waals surface area contributed by atoms with Gasteiger partial charge in [-0.25, -0.2) is 0 Å². The topological polar surface area (TPSA) is 18.5 Å². The minimum Gasteiger partial charge on any atom is -0.370 e. The number of nitrogens with zero attached hydrogens (tertiary/aromatic N) is 2. The molecular formula is C18H25N3S3. The molecule has 6 heteroatoms. The van der Waals surface area contributed by atoms with Gasteiger partial charge in [0, 0.05) is 13.1 Å². The molecule has 0 aliphatic carbocycles. The van der Waals surface area contributed by atoms with Crippen molar-refractivity contribution in [1.29, 1.82) is 0 Å². The Kier molecular flexibility index (Phi) is 6.38. The van der Waals surface area contributed by atoms with Crippen molar-refractivity contribution in [1.82, 2.24) is 4.31 Å². The quantitative estimate of drug-likeness (QED) is 0.650. The molecule has 2 aromatic rings. The van der Waals surface area contributed by atoms with Crippen molar-refractivity contribution in [3.63, 3.8) is 0 Å². The van der Waals surface area contributed by atoms with E-state index in [4.69, 9.17) is 0 Å². The number of para-hydroxylation sites is 2. The van der Waals surface area contributed by atoms with Crippen LogP contribution in [0.15, 0.2) is 44.8 Å². The maximum atomic E-state index is 3.57. The number of thiophene rings is 1. The van der Waals surface area contributed by atoms with E-state index in [1.807, 2.05) is 11.3 Å². The van der Waals surface area contributed by atoms with Crippen LogP contribution >= 0.6 is 35.2 Å². The molecule has 1 aliphatic rings. The Hall–Kier alpha value is -0.820. The Labute approximate surface area is 158 Å². The third kappa shape index (κ3) is 4.85. The molecule has 24 heavy (non-hydrogen) atoms. The zero-order valence-corrected chi connectivity index (χ0v) is 16.9. The van der Waals surface area contributed by atoms with Crippen molar-refractivity contribution in [2.45, 2.75) is 28.2 Å². The van der Waals surface area contributed by atoms with Gasteiger partial charge in [0.25, 0.3) is 0 Å². The number of hydrogen-bond donors (Lipinski definition) is 1. The van der Waals surface area contributed by atoms with Gasteiger partial charge in [0.05, 0.1) is 19.8 Å². The van der Waals surface area contributed by atoms with Crippen LogP contribution < -0.4 is 9.62 Å². The van der Waals surface area contributed by atoms with E-state index in [2.05, 4.69) is 71.3 Å². The lowest BCUT2D eigenvalue weighted by Gasteiger charge is -2.33. The normalized spacial score (nSPS) is 15.9. The monoisotopic (exact) mass is 379 g/mol. The number of anilines is 2. The van der Waals surface area contributed by atoms with Crippen LogP contribution in [0.3, 0.4) is 0 Å². The predicted octanol–water partition coefficient (Wildman–Crippen LogP) is 5.67. The third-order valence-electron chi connectivity index (χ3n) is 4.12. The molecule has 1 aromatic carbocycles. The van der Waals surface area contributed by atoms with E-state index in [0.717, 1.165) is 19.0 Å². The van der Waals surface area contributed by atoms with E-state index in [1.165, 1.54) is 32.6 Å². The standard InChI is InChI=1S/C18H25N3S3/c1-14-10-12-21(13-11-14)16-7-5-4-6-15(16)19-23-17-8-9-18(22-17)24-20(2)3/h4-9,14,19H,10-13H2,1-3H3. The molecule has 1 fully saturated rings. The van der Waals surface area contributed by atoms with Gasteiger partial charge in [-0.3, -0.25) is 4.31 Å². The zero-order valence-electron chi connectivity index (χ0n) is 14.5. The van der Waals surface area contributed by atoms with Gasteiger partial charge in [-0.15, -0.1) is 11.3 Å². The lowest BCUT2D eigenvalue weighted by atomic mass is 9.98. The molecule has 1 aliphatic heterocycles. The number of rotatable bonds is 6. The Bertz CT molecular complexity index is 648. The summed E-state index contributed by atoms with van der Waals surface area (Å²) in [5.74, 6) is 0.856. The average Bonchev–Trinajstić information content (AvgIpc) is 3.01. The first-order valence-electron chi connectivity index (χ1n) is 8.34. The molecule has 1 N–H and O–H groups in total. The fraction of sp³-hybridized carbons (Fsp3) is 0.444. The van der Waals surface area contributed by atoms with Crippen LogP contribution in [0.5, 0.6) is 0 Å². The molecular weight excluding hydrogens is 354 g/mol. The highest BCUT2D eigenvalue weighted by Crippen LogP contribution is 2.37. The Morgan fingerprint density at radius 2 is 1.79 bits per heavy atom. The van der Waals surface area contributed by atoms with E-state index in [-0.39, 0.29) is 0 Å². The van der Waals surface area contributed by atoms with Crippen molar-refractivity contribution in [3.05, 3.63) is 36.4 Å². The third-order valence-corrected chi connectivity index (χ3v) is 7.11. The SMILES string of the molecule is CC1CCN(c2ccccc2NSc2ccc(SN(C)C)s2)CC1. The molecule has 1 aromatic heterocycles. The van der Waals surface area contributed by atoms with Crippen LogP contribution in [0, 0.1) is 5.92 Å². The largest absolute Gasteiger partial charge is 0.370 e. The van der Waals surface area contributed by atoms with Gasteiger partial charge in [0.2, 0.25) is 0 Å². The van der Waals surface area contributed by atoms with E-state index < -0.39 is 0 Å². The average molecular weight is 380 g/mol. The molecule has 0 radical (unpaired) electrons. The molecule has 2 heterocycles. The smallest absolute Gasteiger partial charge is 0.0820 e. The highest BCUT2D eigenvalue weighted by molar-refractivity contribution is 8.03. The van der Waals surface area contributed by atoms with Crippen molar-refractivity contribution in [2.75, 3.05) is 36.8 Å². The maximum absolute atomic E-state index is 3.57. The molecule has 3 rings (SSSR count). The second-order valence-corrected chi connectivity index (χ2v) is 10.2. The summed E-state index contributed by atoms with van der Waals surface area (Å²) in [5.41, 5.74) is 2.55. The minimum absolute atomic E-state index is 0.856. The van der Waals surface area contributed by atoms with Gasteiger partial charge < -0.3 is 9.62 Å². The summed E-state index contributed by atoms with van der Waals surface area (Å²) in [6.45, 7) is 4.68. The first kappa shape index (κ1) is 18.0.